The van der Waals surface area contributed by atoms with E-state index >= 15 is 0 Å². The van der Waals surface area contributed by atoms with Crippen LogP contribution in [-0.4, -0.2) is 32.2 Å². The minimum atomic E-state index is 0.780. The second-order valence-electron chi connectivity index (χ2n) is 4.68. The highest BCUT2D eigenvalue weighted by Crippen LogP contribution is 2.13. The number of hydrogen-bond acceptors (Lipinski definition) is 4. The summed E-state index contributed by atoms with van der Waals surface area (Å²) < 4.78 is 5.64. The van der Waals surface area contributed by atoms with Gasteiger partial charge in [0.25, 0.3) is 0 Å². The van der Waals surface area contributed by atoms with Crippen LogP contribution in [0.1, 0.15) is 25.3 Å². The van der Waals surface area contributed by atoms with Crippen molar-refractivity contribution in [1.29, 1.82) is 0 Å². The van der Waals surface area contributed by atoms with E-state index in [-0.39, 0.29) is 0 Å². The summed E-state index contributed by atoms with van der Waals surface area (Å²) >= 11 is 0. The van der Waals surface area contributed by atoms with E-state index in [9.17, 15) is 0 Å². The first kappa shape index (κ1) is 13.7. The highest BCUT2D eigenvalue weighted by Gasteiger charge is 2.03. The summed E-state index contributed by atoms with van der Waals surface area (Å²) in [6.07, 6.45) is 3.14. The number of benzene rings is 1. The molecule has 0 aliphatic carbocycles. The summed E-state index contributed by atoms with van der Waals surface area (Å²) in [7, 11) is 0. The lowest BCUT2D eigenvalue weighted by Gasteiger charge is -2.16. The van der Waals surface area contributed by atoms with Gasteiger partial charge in [-0.3, -0.25) is 4.99 Å². The molecule has 0 bridgehead atoms. The van der Waals surface area contributed by atoms with Gasteiger partial charge in [-0.1, -0.05) is 19.1 Å². The molecule has 0 aromatic heterocycles. The first-order valence-corrected chi connectivity index (χ1v) is 7.12. The van der Waals surface area contributed by atoms with E-state index < -0.39 is 0 Å². The Labute approximate surface area is 115 Å². The monoisotopic (exact) mass is 261 g/mol. The van der Waals surface area contributed by atoms with E-state index in [4.69, 9.17) is 4.74 Å². The molecule has 4 heteroatoms. The third-order valence-electron chi connectivity index (χ3n) is 2.97. The average Bonchev–Trinajstić information content (AvgIpc) is 2.47. The Bertz CT molecular complexity index is 418. The Balaban J connectivity index is 1.77. The van der Waals surface area contributed by atoms with Gasteiger partial charge in [0.1, 0.15) is 5.75 Å². The summed E-state index contributed by atoms with van der Waals surface area (Å²) in [5.74, 6) is 1.90. The molecule has 19 heavy (non-hydrogen) atoms. The average molecular weight is 261 g/mol. The van der Waals surface area contributed by atoms with Crippen molar-refractivity contribution in [2.24, 2.45) is 4.99 Å². The maximum Gasteiger partial charge on any atom is 0.191 e. The van der Waals surface area contributed by atoms with Crippen molar-refractivity contribution in [3.63, 3.8) is 0 Å². The third-order valence-corrected chi connectivity index (χ3v) is 2.97. The van der Waals surface area contributed by atoms with Crippen molar-refractivity contribution in [1.82, 2.24) is 10.6 Å². The van der Waals surface area contributed by atoms with E-state index in [1.165, 1.54) is 5.56 Å². The van der Waals surface area contributed by atoms with Crippen LogP contribution in [0.2, 0.25) is 0 Å². The minimum absolute atomic E-state index is 0.780. The number of guanidine groups is 1. The molecule has 0 spiro atoms. The maximum absolute atomic E-state index is 5.64. The normalized spacial score (nSPS) is 14.5. The molecular formula is C15H23N3O. The van der Waals surface area contributed by atoms with Gasteiger partial charge in [0, 0.05) is 19.6 Å². The van der Waals surface area contributed by atoms with Crippen LogP contribution in [0, 0.1) is 0 Å². The Kier molecular flexibility index (Phi) is 5.53. The topological polar surface area (TPSA) is 45.6 Å². The van der Waals surface area contributed by atoms with Crippen molar-refractivity contribution < 1.29 is 4.74 Å². The van der Waals surface area contributed by atoms with Gasteiger partial charge in [-0.15, -0.1) is 0 Å². The molecule has 1 aromatic carbocycles. The fraction of sp³-hybridized carbons (Fsp3) is 0.533. The fourth-order valence-electron chi connectivity index (χ4n) is 1.99. The van der Waals surface area contributed by atoms with E-state index in [1.54, 1.807) is 0 Å². The van der Waals surface area contributed by atoms with Crippen LogP contribution in [0.15, 0.2) is 29.3 Å². The summed E-state index contributed by atoms with van der Waals surface area (Å²) in [4.78, 5) is 4.39. The predicted octanol–water partition coefficient (Wildman–Crippen LogP) is 1.96. The fourth-order valence-corrected chi connectivity index (χ4v) is 1.99. The lowest BCUT2D eigenvalue weighted by Crippen LogP contribution is -2.41. The molecule has 0 saturated carbocycles. The van der Waals surface area contributed by atoms with Gasteiger partial charge in [0.05, 0.1) is 6.61 Å². The molecule has 1 aliphatic heterocycles. The highest BCUT2D eigenvalue weighted by atomic mass is 16.5. The van der Waals surface area contributed by atoms with Gasteiger partial charge in [0.15, 0.2) is 5.96 Å². The number of nitrogens with zero attached hydrogens (tertiary/aromatic N) is 1. The van der Waals surface area contributed by atoms with E-state index in [0.717, 1.165) is 57.2 Å². The third kappa shape index (κ3) is 4.81. The molecule has 0 atom stereocenters. The van der Waals surface area contributed by atoms with Crippen molar-refractivity contribution in [3.05, 3.63) is 29.8 Å². The van der Waals surface area contributed by atoms with Gasteiger partial charge in [0.2, 0.25) is 0 Å². The Morgan fingerprint density at radius 1 is 1.42 bits per heavy atom. The van der Waals surface area contributed by atoms with Crippen molar-refractivity contribution >= 4 is 5.96 Å². The zero-order valence-electron chi connectivity index (χ0n) is 11.6. The van der Waals surface area contributed by atoms with E-state index in [1.807, 2.05) is 6.07 Å². The van der Waals surface area contributed by atoms with Crippen LogP contribution in [0.4, 0.5) is 0 Å². The molecule has 2 rings (SSSR count). The Morgan fingerprint density at radius 3 is 3.16 bits per heavy atom. The maximum atomic E-state index is 5.64. The van der Waals surface area contributed by atoms with Crippen LogP contribution in [0.25, 0.3) is 0 Å². The molecular weight excluding hydrogens is 238 g/mol. The highest BCUT2D eigenvalue weighted by molar-refractivity contribution is 5.80. The number of ether oxygens (including phenoxy) is 1. The molecule has 1 aromatic rings. The molecule has 2 N–H and O–H groups in total. The molecule has 1 heterocycles. The van der Waals surface area contributed by atoms with Crippen LogP contribution >= 0.6 is 0 Å². The number of nitrogens with one attached hydrogen (secondary N) is 2. The Hall–Kier alpha value is -1.71. The van der Waals surface area contributed by atoms with Crippen LogP contribution in [0.3, 0.4) is 0 Å². The Morgan fingerprint density at radius 2 is 2.37 bits per heavy atom. The first-order valence-electron chi connectivity index (χ1n) is 7.12. The van der Waals surface area contributed by atoms with Crippen LogP contribution < -0.4 is 15.4 Å². The molecule has 104 valence electrons. The second-order valence-corrected chi connectivity index (χ2v) is 4.68. The van der Waals surface area contributed by atoms with Crippen LogP contribution in [-0.2, 0) is 6.42 Å². The van der Waals surface area contributed by atoms with Gasteiger partial charge in [-0.05, 0) is 37.0 Å². The lowest BCUT2D eigenvalue weighted by atomic mass is 10.1. The lowest BCUT2D eigenvalue weighted by molar-refractivity contribution is 0.317. The second kappa shape index (κ2) is 7.67. The predicted molar refractivity (Wildman–Crippen MR) is 78.9 cm³/mol. The summed E-state index contributed by atoms with van der Waals surface area (Å²) in [6.45, 7) is 5.74. The van der Waals surface area contributed by atoms with Gasteiger partial charge < -0.3 is 15.4 Å². The van der Waals surface area contributed by atoms with Crippen molar-refractivity contribution in [2.75, 3.05) is 26.2 Å². The molecule has 0 unspecified atom stereocenters. The number of hydrogen-bond donors (Lipinski definition) is 2. The molecule has 0 fully saturated rings. The van der Waals surface area contributed by atoms with E-state index in [2.05, 4.69) is 40.7 Å². The standard InChI is InChI=1S/C15H23N3O/c1-2-11-19-14-6-3-5-13(12-14)7-10-18-15-16-8-4-9-17-15/h3,5-6,12H,2,4,7-11H2,1H3,(H2,16,17,18). The summed E-state index contributed by atoms with van der Waals surface area (Å²) in [5, 5.41) is 6.59. The smallest absolute Gasteiger partial charge is 0.191 e. The molecule has 1 aliphatic rings. The largest absolute Gasteiger partial charge is 0.494 e. The number of aliphatic imine (C=N–C) groups is 1. The molecule has 0 saturated heterocycles. The number of rotatable bonds is 6. The molecule has 0 radical (unpaired) electrons. The summed E-state index contributed by atoms with van der Waals surface area (Å²) in [5.41, 5.74) is 1.29. The quantitative estimate of drug-likeness (QED) is 0.823. The van der Waals surface area contributed by atoms with Gasteiger partial charge in [-0.2, -0.15) is 0 Å². The van der Waals surface area contributed by atoms with E-state index in [0.29, 0.717) is 0 Å². The van der Waals surface area contributed by atoms with Gasteiger partial charge >= 0.3 is 0 Å². The molecule has 4 nitrogen and oxygen atoms in total. The van der Waals surface area contributed by atoms with Crippen LogP contribution in [0.5, 0.6) is 5.75 Å². The minimum Gasteiger partial charge on any atom is -0.494 e. The molecule has 0 amide bonds. The summed E-state index contributed by atoms with van der Waals surface area (Å²) in [6, 6.07) is 8.32. The van der Waals surface area contributed by atoms with Crippen molar-refractivity contribution in [2.45, 2.75) is 26.2 Å². The van der Waals surface area contributed by atoms with Gasteiger partial charge in [-0.25, -0.2) is 0 Å². The zero-order valence-corrected chi connectivity index (χ0v) is 11.6. The zero-order chi connectivity index (χ0) is 13.3. The SMILES string of the molecule is CCCOc1cccc(CCNC2=NCCCN2)c1. The van der Waals surface area contributed by atoms with Crippen molar-refractivity contribution in [3.8, 4) is 5.75 Å². The first-order chi connectivity index (χ1) is 9.38.